The maximum Gasteiger partial charge on any atom is 0.297 e. The first kappa shape index (κ1) is 15.3. The highest BCUT2D eigenvalue weighted by molar-refractivity contribution is 5.81. The summed E-state index contributed by atoms with van der Waals surface area (Å²) in [5, 5.41) is 0.443. The highest BCUT2D eigenvalue weighted by atomic mass is 16.5. The number of ether oxygens (including phenoxy) is 3. The Morgan fingerprint density at radius 1 is 1.24 bits per heavy atom. The van der Waals surface area contributed by atoms with Gasteiger partial charge in [0.05, 0.1) is 17.5 Å². The molecule has 7 heteroatoms. The number of hydrogen-bond donors (Lipinski definition) is 2. The second-order valence-electron chi connectivity index (χ2n) is 4.45. The van der Waals surface area contributed by atoms with Crippen LogP contribution in [0.25, 0.3) is 10.9 Å². The van der Waals surface area contributed by atoms with Crippen LogP contribution in [0.3, 0.4) is 0 Å². The third-order valence-corrected chi connectivity index (χ3v) is 2.81. The Morgan fingerprint density at radius 2 is 2.10 bits per heavy atom. The van der Waals surface area contributed by atoms with Crippen LogP contribution in [-0.2, 0) is 9.47 Å². The predicted octanol–water partition coefficient (Wildman–Crippen LogP) is 0.937. The van der Waals surface area contributed by atoms with Crippen LogP contribution in [-0.4, -0.2) is 43.5 Å². The van der Waals surface area contributed by atoms with E-state index in [1.807, 2.05) is 0 Å². The molecule has 0 saturated heterocycles. The van der Waals surface area contributed by atoms with E-state index in [9.17, 15) is 4.79 Å². The number of methoxy groups -OCH3 is 1. The van der Waals surface area contributed by atoms with E-state index in [0.717, 1.165) is 6.42 Å². The summed E-state index contributed by atoms with van der Waals surface area (Å²) in [7, 11) is 1.65. The topological polar surface area (TPSA) is 99.5 Å². The molecule has 21 heavy (non-hydrogen) atoms. The summed E-state index contributed by atoms with van der Waals surface area (Å²) in [5.41, 5.74) is 6.43. The fraction of sp³-hybridized carbons (Fsp3) is 0.429. The van der Waals surface area contributed by atoms with Crippen molar-refractivity contribution in [1.29, 1.82) is 0 Å². The van der Waals surface area contributed by atoms with E-state index < -0.39 is 0 Å². The lowest BCUT2D eigenvalue weighted by Gasteiger charge is -2.07. The molecule has 114 valence electrons. The van der Waals surface area contributed by atoms with Gasteiger partial charge in [-0.25, -0.2) is 0 Å². The summed E-state index contributed by atoms with van der Waals surface area (Å²) in [5.74, 6) is 0. The molecule has 0 aliphatic heterocycles. The molecular formula is C14H19N3O4. The second-order valence-corrected chi connectivity index (χ2v) is 4.45. The second kappa shape index (κ2) is 7.61. The zero-order chi connectivity index (χ0) is 15.1. The number of nitrogens with zero attached hydrogens (tertiary/aromatic N) is 1. The van der Waals surface area contributed by atoms with Crippen LogP contribution in [0.1, 0.15) is 6.42 Å². The van der Waals surface area contributed by atoms with Crippen LogP contribution in [0, 0.1) is 0 Å². The molecule has 0 fully saturated rings. The van der Waals surface area contributed by atoms with Gasteiger partial charge >= 0.3 is 0 Å². The fourth-order valence-corrected chi connectivity index (χ4v) is 1.81. The number of anilines is 1. The summed E-state index contributed by atoms with van der Waals surface area (Å²) in [6, 6.07) is 5.15. The molecule has 3 N–H and O–H groups in total. The van der Waals surface area contributed by atoms with Gasteiger partial charge in [-0.05, 0) is 24.6 Å². The number of nitrogens with two attached hydrogens (primary N) is 1. The van der Waals surface area contributed by atoms with Crippen molar-refractivity contribution in [3.63, 3.8) is 0 Å². The highest BCUT2D eigenvalue weighted by Crippen LogP contribution is 2.13. The van der Waals surface area contributed by atoms with Crippen molar-refractivity contribution in [3.05, 3.63) is 28.6 Å². The normalized spacial score (nSPS) is 10.9. The maximum atomic E-state index is 11.9. The van der Waals surface area contributed by atoms with Crippen molar-refractivity contribution in [3.8, 4) is 6.01 Å². The van der Waals surface area contributed by atoms with Crippen LogP contribution in [0.15, 0.2) is 23.0 Å². The number of rotatable bonds is 8. The zero-order valence-corrected chi connectivity index (χ0v) is 11.9. The Kier molecular flexibility index (Phi) is 5.53. The summed E-state index contributed by atoms with van der Waals surface area (Å²) in [6.45, 7) is 2.02. The molecule has 0 bridgehead atoms. The molecule has 1 heterocycles. The molecule has 7 nitrogen and oxygen atoms in total. The number of fused-ring (bicyclic) bond motifs is 1. The third kappa shape index (κ3) is 4.44. The largest absolute Gasteiger partial charge is 0.462 e. The summed E-state index contributed by atoms with van der Waals surface area (Å²) in [4.78, 5) is 18.7. The molecule has 1 aromatic carbocycles. The molecule has 0 unspecified atom stereocenters. The standard InChI is InChI=1S/C14H19N3O4/c1-19-5-2-6-20-7-8-21-14-16-12-4-3-10(15)9-11(12)13(18)17-14/h3-4,9H,2,5-8,15H2,1H3,(H,16,17,18). The van der Waals surface area contributed by atoms with Crippen molar-refractivity contribution in [1.82, 2.24) is 9.97 Å². The Bertz CT molecular complexity index is 642. The average Bonchev–Trinajstić information content (AvgIpc) is 2.47. The van der Waals surface area contributed by atoms with E-state index in [2.05, 4.69) is 9.97 Å². The quantitative estimate of drug-likeness (QED) is 0.555. The first-order chi connectivity index (χ1) is 10.2. The molecule has 0 saturated carbocycles. The molecule has 0 radical (unpaired) electrons. The van der Waals surface area contributed by atoms with Crippen molar-refractivity contribution < 1.29 is 14.2 Å². The lowest BCUT2D eigenvalue weighted by Crippen LogP contribution is -2.14. The van der Waals surface area contributed by atoms with Crippen LogP contribution < -0.4 is 16.0 Å². The smallest absolute Gasteiger partial charge is 0.297 e. The van der Waals surface area contributed by atoms with Crippen molar-refractivity contribution in [2.75, 3.05) is 39.3 Å². The number of H-pyrrole nitrogens is 1. The summed E-state index contributed by atoms with van der Waals surface area (Å²) in [6.07, 6.45) is 0.836. The maximum absolute atomic E-state index is 11.9. The molecule has 0 aliphatic rings. The van der Waals surface area contributed by atoms with E-state index in [1.165, 1.54) is 0 Å². The highest BCUT2D eigenvalue weighted by Gasteiger charge is 2.05. The molecule has 2 aromatic rings. The molecule has 0 spiro atoms. The van der Waals surface area contributed by atoms with Gasteiger partial charge in [-0.3, -0.25) is 9.78 Å². The first-order valence-electron chi connectivity index (χ1n) is 6.70. The van der Waals surface area contributed by atoms with E-state index in [0.29, 0.717) is 43.0 Å². The number of nitrogen functional groups attached to an aromatic ring is 1. The molecular weight excluding hydrogens is 274 g/mol. The van der Waals surface area contributed by atoms with Gasteiger partial charge in [-0.2, -0.15) is 4.98 Å². The van der Waals surface area contributed by atoms with Crippen LogP contribution >= 0.6 is 0 Å². The molecule has 1 aromatic heterocycles. The van der Waals surface area contributed by atoms with Crippen molar-refractivity contribution in [2.24, 2.45) is 0 Å². The lowest BCUT2D eigenvalue weighted by molar-refractivity contribution is 0.0783. The van der Waals surface area contributed by atoms with Gasteiger partial charge in [0.2, 0.25) is 0 Å². The third-order valence-electron chi connectivity index (χ3n) is 2.81. The average molecular weight is 293 g/mol. The number of hydrogen-bond acceptors (Lipinski definition) is 6. The van der Waals surface area contributed by atoms with Crippen molar-refractivity contribution >= 4 is 16.6 Å². The van der Waals surface area contributed by atoms with Gasteiger partial charge in [0, 0.05) is 26.0 Å². The predicted molar refractivity (Wildman–Crippen MR) is 79.6 cm³/mol. The van der Waals surface area contributed by atoms with E-state index in [4.69, 9.17) is 19.9 Å². The number of nitrogens with one attached hydrogen (secondary N) is 1. The molecule has 0 amide bonds. The van der Waals surface area contributed by atoms with Gasteiger partial charge in [0.15, 0.2) is 0 Å². The van der Waals surface area contributed by atoms with Gasteiger partial charge in [-0.15, -0.1) is 0 Å². The van der Waals surface area contributed by atoms with Gasteiger partial charge in [-0.1, -0.05) is 0 Å². The summed E-state index contributed by atoms with van der Waals surface area (Å²) < 4.78 is 15.6. The van der Waals surface area contributed by atoms with Crippen LogP contribution in [0.5, 0.6) is 6.01 Å². The van der Waals surface area contributed by atoms with Crippen molar-refractivity contribution in [2.45, 2.75) is 6.42 Å². The van der Waals surface area contributed by atoms with E-state index in [-0.39, 0.29) is 11.6 Å². The Hall–Kier alpha value is -2.12. The Labute approximate surface area is 122 Å². The molecule has 0 aliphatic carbocycles. The lowest BCUT2D eigenvalue weighted by atomic mass is 10.2. The van der Waals surface area contributed by atoms with Crippen LogP contribution in [0.4, 0.5) is 5.69 Å². The minimum Gasteiger partial charge on any atom is -0.462 e. The molecule has 2 rings (SSSR count). The minimum atomic E-state index is -0.275. The number of aromatic nitrogens is 2. The van der Waals surface area contributed by atoms with Gasteiger partial charge < -0.3 is 19.9 Å². The fourth-order valence-electron chi connectivity index (χ4n) is 1.81. The Balaban J connectivity index is 1.88. The first-order valence-corrected chi connectivity index (χ1v) is 6.70. The minimum absolute atomic E-state index is 0.178. The monoisotopic (exact) mass is 293 g/mol. The SMILES string of the molecule is COCCCOCCOc1nc2ccc(N)cc2c(=O)[nH]1. The van der Waals surface area contributed by atoms with Crippen LogP contribution in [0.2, 0.25) is 0 Å². The molecule has 0 atom stereocenters. The van der Waals surface area contributed by atoms with E-state index in [1.54, 1.807) is 25.3 Å². The van der Waals surface area contributed by atoms with Gasteiger partial charge in [0.25, 0.3) is 11.6 Å². The summed E-state index contributed by atoms with van der Waals surface area (Å²) >= 11 is 0. The van der Waals surface area contributed by atoms with Gasteiger partial charge in [0.1, 0.15) is 6.61 Å². The number of benzene rings is 1. The Morgan fingerprint density at radius 3 is 2.90 bits per heavy atom. The van der Waals surface area contributed by atoms with E-state index >= 15 is 0 Å². The number of aromatic amines is 1. The zero-order valence-electron chi connectivity index (χ0n) is 11.9.